The van der Waals surface area contributed by atoms with Gasteiger partial charge in [-0.05, 0) is 24.3 Å². The minimum absolute atomic E-state index is 0.186. The molecule has 0 saturated heterocycles. The van der Waals surface area contributed by atoms with E-state index in [1.165, 1.54) is 6.26 Å². The van der Waals surface area contributed by atoms with E-state index >= 15 is 0 Å². The molecule has 1 unspecified atom stereocenters. The molecule has 0 fully saturated rings. The molecule has 0 aliphatic carbocycles. The summed E-state index contributed by atoms with van der Waals surface area (Å²) >= 11 is 0. The summed E-state index contributed by atoms with van der Waals surface area (Å²) in [5.41, 5.74) is 1.06. The van der Waals surface area contributed by atoms with Gasteiger partial charge in [0.15, 0.2) is 6.54 Å². The number of methoxy groups -OCH3 is 1. The molecule has 0 bridgehead atoms. The number of urea groups is 1. The van der Waals surface area contributed by atoms with Gasteiger partial charge in [0, 0.05) is 5.56 Å². The number of nitrogens with one attached hydrogen (secondary N) is 3. The van der Waals surface area contributed by atoms with Gasteiger partial charge < -0.3 is 19.4 Å². The van der Waals surface area contributed by atoms with Crippen LogP contribution in [0.1, 0.15) is 11.3 Å². The highest BCUT2D eigenvalue weighted by molar-refractivity contribution is 5.94. The first-order valence-electron chi connectivity index (χ1n) is 7.61. The van der Waals surface area contributed by atoms with E-state index in [-0.39, 0.29) is 19.0 Å². The third-order valence-corrected chi connectivity index (χ3v) is 3.36. The first-order valence-corrected chi connectivity index (χ1v) is 7.61. The quantitative estimate of drug-likeness (QED) is 0.682. The van der Waals surface area contributed by atoms with E-state index in [9.17, 15) is 9.59 Å². The van der Waals surface area contributed by atoms with Crippen LogP contribution in [0.25, 0.3) is 0 Å². The van der Waals surface area contributed by atoms with Gasteiger partial charge in [-0.3, -0.25) is 10.1 Å². The Bertz CT molecular complexity index is 670. The van der Waals surface area contributed by atoms with E-state index in [4.69, 9.17) is 9.15 Å². The average molecular weight is 332 g/mol. The molecular formula is C17H22N3O4+. The standard InChI is InChI=1S/C17H21N3O4/c1-20(11-13-5-3-6-14(9-13)23-2)12-16(21)19-17(22)18-10-15-7-4-8-24-15/h3-9H,10-12H2,1-2H3,(H2,18,19,21,22)/p+1. The first kappa shape index (κ1) is 17.6. The third-order valence-electron chi connectivity index (χ3n) is 3.36. The zero-order chi connectivity index (χ0) is 17.4. The summed E-state index contributed by atoms with van der Waals surface area (Å²) < 4.78 is 10.3. The molecule has 2 aromatic rings. The fourth-order valence-electron chi connectivity index (χ4n) is 2.26. The van der Waals surface area contributed by atoms with E-state index < -0.39 is 6.03 Å². The van der Waals surface area contributed by atoms with E-state index in [1.54, 1.807) is 19.2 Å². The third kappa shape index (κ3) is 5.77. The molecule has 7 nitrogen and oxygen atoms in total. The monoisotopic (exact) mass is 332 g/mol. The number of furan rings is 1. The maximum Gasteiger partial charge on any atom is 0.321 e. The van der Waals surface area contributed by atoms with Crippen LogP contribution in [0.5, 0.6) is 5.75 Å². The van der Waals surface area contributed by atoms with Crippen LogP contribution in [0.3, 0.4) is 0 Å². The summed E-state index contributed by atoms with van der Waals surface area (Å²) in [7, 11) is 3.50. The number of ether oxygens (including phenoxy) is 1. The lowest BCUT2D eigenvalue weighted by molar-refractivity contribution is -0.885. The second-order valence-corrected chi connectivity index (χ2v) is 5.47. The number of quaternary nitrogens is 1. The second kappa shape index (κ2) is 8.73. The molecule has 1 aromatic carbocycles. The summed E-state index contributed by atoms with van der Waals surface area (Å²) in [5, 5.41) is 4.87. The fraction of sp³-hybridized carbons (Fsp3) is 0.294. The Hall–Kier alpha value is -2.80. The lowest BCUT2D eigenvalue weighted by Gasteiger charge is -2.14. The molecular weight excluding hydrogens is 310 g/mol. The summed E-state index contributed by atoms with van der Waals surface area (Å²) in [6.07, 6.45) is 1.52. The van der Waals surface area contributed by atoms with Crippen molar-refractivity contribution in [1.29, 1.82) is 0 Å². The number of carbonyl (C=O) groups is 2. The normalized spacial score (nSPS) is 11.6. The summed E-state index contributed by atoms with van der Waals surface area (Å²) in [6.45, 7) is 1.07. The Morgan fingerprint density at radius 1 is 1.25 bits per heavy atom. The molecule has 0 saturated carbocycles. The Morgan fingerprint density at radius 2 is 2.08 bits per heavy atom. The van der Waals surface area contributed by atoms with Gasteiger partial charge >= 0.3 is 6.03 Å². The van der Waals surface area contributed by atoms with E-state index in [2.05, 4.69) is 10.6 Å². The highest BCUT2D eigenvalue weighted by atomic mass is 16.5. The van der Waals surface area contributed by atoms with Crippen molar-refractivity contribution >= 4 is 11.9 Å². The Kier molecular flexibility index (Phi) is 6.39. The summed E-state index contributed by atoms with van der Waals surface area (Å²) in [6, 6.07) is 10.6. The van der Waals surface area contributed by atoms with Crippen molar-refractivity contribution in [3.05, 3.63) is 54.0 Å². The van der Waals surface area contributed by atoms with Gasteiger partial charge in [-0.25, -0.2) is 4.79 Å². The zero-order valence-corrected chi connectivity index (χ0v) is 13.8. The minimum Gasteiger partial charge on any atom is -0.497 e. The van der Waals surface area contributed by atoms with Gasteiger partial charge in [-0.2, -0.15) is 0 Å². The predicted molar refractivity (Wildman–Crippen MR) is 87.5 cm³/mol. The number of likely N-dealkylation sites (N-methyl/N-ethyl adjacent to an activating group) is 1. The van der Waals surface area contributed by atoms with E-state index in [0.717, 1.165) is 16.2 Å². The van der Waals surface area contributed by atoms with Crippen LogP contribution in [0, 0.1) is 0 Å². The highest BCUT2D eigenvalue weighted by Gasteiger charge is 2.14. The van der Waals surface area contributed by atoms with Crippen LogP contribution < -0.4 is 20.3 Å². The topological polar surface area (TPSA) is 85.0 Å². The van der Waals surface area contributed by atoms with Crippen molar-refractivity contribution in [2.75, 3.05) is 20.7 Å². The highest BCUT2D eigenvalue weighted by Crippen LogP contribution is 2.11. The SMILES string of the molecule is COc1cccc(C[NH+](C)CC(=O)NC(=O)NCc2ccco2)c1. The number of hydrogen-bond donors (Lipinski definition) is 3. The van der Waals surface area contributed by atoms with Crippen molar-refractivity contribution in [2.45, 2.75) is 13.1 Å². The first-order chi connectivity index (χ1) is 11.6. The molecule has 1 atom stereocenters. The Labute approximate surface area is 140 Å². The molecule has 0 radical (unpaired) electrons. The van der Waals surface area contributed by atoms with Crippen molar-refractivity contribution < 1.29 is 23.6 Å². The molecule has 2 rings (SSSR count). The predicted octanol–water partition coefficient (Wildman–Crippen LogP) is 0.329. The number of benzene rings is 1. The lowest BCUT2D eigenvalue weighted by Crippen LogP contribution is -3.09. The van der Waals surface area contributed by atoms with Crippen LogP contribution >= 0.6 is 0 Å². The largest absolute Gasteiger partial charge is 0.497 e. The lowest BCUT2D eigenvalue weighted by atomic mass is 10.2. The van der Waals surface area contributed by atoms with Gasteiger partial charge in [0.05, 0.1) is 27.0 Å². The molecule has 3 amide bonds. The maximum absolute atomic E-state index is 11.9. The van der Waals surface area contributed by atoms with Crippen LogP contribution in [0.4, 0.5) is 4.79 Å². The number of amides is 3. The molecule has 3 N–H and O–H groups in total. The number of hydrogen-bond acceptors (Lipinski definition) is 4. The van der Waals surface area contributed by atoms with Gasteiger partial charge in [0.25, 0.3) is 5.91 Å². The molecule has 1 heterocycles. The van der Waals surface area contributed by atoms with Crippen molar-refractivity contribution in [3.63, 3.8) is 0 Å². The average Bonchev–Trinajstić information content (AvgIpc) is 3.06. The van der Waals surface area contributed by atoms with Crippen molar-refractivity contribution in [2.24, 2.45) is 0 Å². The Morgan fingerprint density at radius 3 is 2.79 bits per heavy atom. The maximum atomic E-state index is 11.9. The van der Waals surface area contributed by atoms with Crippen LogP contribution in [-0.2, 0) is 17.9 Å². The molecule has 7 heteroatoms. The number of carbonyl (C=O) groups excluding carboxylic acids is 2. The molecule has 0 aliphatic heterocycles. The van der Waals surface area contributed by atoms with Gasteiger partial charge in [0.2, 0.25) is 0 Å². The van der Waals surface area contributed by atoms with Gasteiger partial charge in [-0.1, -0.05) is 12.1 Å². The molecule has 24 heavy (non-hydrogen) atoms. The second-order valence-electron chi connectivity index (χ2n) is 5.47. The number of rotatable bonds is 7. The van der Waals surface area contributed by atoms with Gasteiger partial charge in [-0.15, -0.1) is 0 Å². The molecule has 128 valence electrons. The van der Waals surface area contributed by atoms with Crippen LogP contribution in [-0.4, -0.2) is 32.6 Å². The van der Waals surface area contributed by atoms with Crippen LogP contribution in [0.15, 0.2) is 47.1 Å². The van der Waals surface area contributed by atoms with Crippen molar-refractivity contribution in [1.82, 2.24) is 10.6 Å². The minimum atomic E-state index is -0.536. The summed E-state index contributed by atoms with van der Waals surface area (Å²) in [4.78, 5) is 24.5. The smallest absolute Gasteiger partial charge is 0.321 e. The summed E-state index contributed by atoms with van der Waals surface area (Å²) in [5.74, 6) is 1.06. The number of imide groups is 1. The molecule has 0 aliphatic rings. The fourth-order valence-corrected chi connectivity index (χ4v) is 2.26. The molecule has 1 aromatic heterocycles. The van der Waals surface area contributed by atoms with Gasteiger partial charge in [0.1, 0.15) is 18.1 Å². The zero-order valence-electron chi connectivity index (χ0n) is 13.8. The Balaban J connectivity index is 1.73. The van der Waals surface area contributed by atoms with E-state index in [0.29, 0.717) is 12.3 Å². The van der Waals surface area contributed by atoms with Crippen molar-refractivity contribution in [3.8, 4) is 5.75 Å². The molecule has 0 spiro atoms. The van der Waals surface area contributed by atoms with Crippen LogP contribution in [0.2, 0.25) is 0 Å². The van der Waals surface area contributed by atoms with E-state index in [1.807, 2.05) is 31.3 Å².